The van der Waals surface area contributed by atoms with Crippen LogP contribution < -0.4 is 9.64 Å². The van der Waals surface area contributed by atoms with E-state index in [1.54, 1.807) is 26.0 Å². The molecule has 0 aliphatic carbocycles. The van der Waals surface area contributed by atoms with Crippen LogP contribution in [-0.2, 0) is 10.0 Å². The number of hydrogen-bond donors (Lipinski definition) is 0. The van der Waals surface area contributed by atoms with Crippen molar-refractivity contribution in [2.24, 2.45) is 0 Å². The van der Waals surface area contributed by atoms with Gasteiger partial charge in [-0.3, -0.25) is 0 Å². The van der Waals surface area contributed by atoms with Gasteiger partial charge in [0.05, 0.1) is 11.2 Å². The zero-order valence-electron chi connectivity index (χ0n) is 17.8. The van der Waals surface area contributed by atoms with Crippen molar-refractivity contribution < 1.29 is 26.3 Å². The minimum Gasteiger partial charge on any atom is -0.404 e. The number of imidazole rings is 1. The number of ether oxygens (including phenoxy) is 1. The van der Waals surface area contributed by atoms with Crippen molar-refractivity contribution in [3.05, 3.63) is 48.3 Å². The predicted octanol–water partition coefficient (Wildman–Crippen LogP) is 5.29. The SMILES string of the molecule is CC(C)c1nc2c(N3CCCCC3)cccc2n1S(=O)(=O)c1ccccc1OC(F)(F)F. The summed E-state index contributed by atoms with van der Waals surface area (Å²) >= 11 is 0. The third-order valence-electron chi connectivity index (χ3n) is 5.45. The number of fused-ring (bicyclic) bond motifs is 1. The quantitative estimate of drug-likeness (QED) is 0.511. The molecule has 0 bridgehead atoms. The average molecular weight is 468 g/mol. The van der Waals surface area contributed by atoms with Gasteiger partial charge in [-0.05, 0) is 43.5 Å². The van der Waals surface area contributed by atoms with Crippen LogP contribution in [0.4, 0.5) is 18.9 Å². The molecule has 3 aromatic rings. The molecule has 172 valence electrons. The summed E-state index contributed by atoms with van der Waals surface area (Å²) in [4.78, 5) is 6.28. The molecule has 1 aliphatic heterocycles. The molecule has 2 aromatic carbocycles. The first-order valence-corrected chi connectivity index (χ1v) is 11.9. The van der Waals surface area contributed by atoms with Gasteiger partial charge in [0.25, 0.3) is 10.0 Å². The first-order valence-electron chi connectivity index (χ1n) is 10.5. The lowest BCUT2D eigenvalue weighted by atomic mass is 10.1. The molecular weight excluding hydrogens is 443 g/mol. The van der Waals surface area contributed by atoms with Crippen molar-refractivity contribution in [3.63, 3.8) is 0 Å². The molecule has 2 heterocycles. The molecule has 0 radical (unpaired) electrons. The summed E-state index contributed by atoms with van der Waals surface area (Å²) in [7, 11) is -4.44. The topological polar surface area (TPSA) is 64.4 Å². The lowest BCUT2D eigenvalue weighted by Crippen LogP contribution is -2.29. The van der Waals surface area contributed by atoms with Gasteiger partial charge in [-0.25, -0.2) is 17.4 Å². The Labute approximate surface area is 184 Å². The minimum atomic E-state index is -5.02. The number of aromatic nitrogens is 2. The molecule has 10 heteroatoms. The highest BCUT2D eigenvalue weighted by molar-refractivity contribution is 7.90. The summed E-state index contributed by atoms with van der Waals surface area (Å²) in [5.41, 5.74) is 1.69. The van der Waals surface area contributed by atoms with Gasteiger partial charge in [-0.1, -0.05) is 32.0 Å². The Morgan fingerprint density at radius 2 is 1.69 bits per heavy atom. The maximum atomic E-state index is 13.7. The van der Waals surface area contributed by atoms with E-state index in [0.29, 0.717) is 11.0 Å². The average Bonchev–Trinajstić information content (AvgIpc) is 3.14. The van der Waals surface area contributed by atoms with Crippen LogP contribution in [0.25, 0.3) is 11.0 Å². The second-order valence-corrected chi connectivity index (χ2v) is 9.84. The summed E-state index contributed by atoms with van der Waals surface area (Å²) in [5.74, 6) is -0.808. The molecule has 0 unspecified atom stereocenters. The number of halogens is 3. The fourth-order valence-corrected chi connectivity index (χ4v) is 5.77. The molecule has 1 aliphatic rings. The Balaban J connectivity index is 1.94. The molecule has 32 heavy (non-hydrogen) atoms. The molecule has 6 nitrogen and oxygen atoms in total. The van der Waals surface area contributed by atoms with Gasteiger partial charge in [0.1, 0.15) is 22.0 Å². The number of rotatable bonds is 5. The Bertz CT molecular complexity index is 1230. The van der Waals surface area contributed by atoms with Crippen molar-refractivity contribution in [2.75, 3.05) is 18.0 Å². The number of alkyl halides is 3. The van der Waals surface area contributed by atoms with E-state index in [1.165, 1.54) is 12.1 Å². The Morgan fingerprint density at radius 3 is 2.34 bits per heavy atom. The van der Waals surface area contributed by atoms with Gasteiger partial charge in [0, 0.05) is 19.0 Å². The van der Waals surface area contributed by atoms with Crippen molar-refractivity contribution in [1.82, 2.24) is 8.96 Å². The number of para-hydroxylation sites is 2. The van der Waals surface area contributed by atoms with Gasteiger partial charge < -0.3 is 9.64 Å². The van der Waals surface area contributed by atoms with Crippen molar-refractivity contribution in [2.45, 2.75) is 50.3 Å². The van der Waals surface area contributed by atoms with Crippen LogP contribution in [0.1, 0.15) is 44.9 Å². The standard InChI is InChI=1S/C22H24F3N3O3S/c1-15(2)21-26-20-16(27-13-6-3-7-14-27)9-8-10-17(20)28(21)32(29,30)19-12-5-4-11-18(19)31-22(23,24)25/h4-5,8-12,15H,3,6-7,13-14H2,1-2H3. The van der Waals surface area contributed by atoms with Gasteiger partial charge in [-0.15, -0.1) is 13.2 Å². The molecule has 0 atom stereocenters. The monoisotopic (exact) mass is 467 g/mol. The van der Waals surface area contributed by atoms with Crippen LogP contribution in [0.15, 0.2) is 47.4 Å². The third kappa shape index (κ3) is 4.15. The van der Waals surface area contributed by atoms with Crippen molar-refractivity contribution in [3.8, 4) is 5.75 Å². The highest BCUT2D eigenvalue weighted by atomic mass is 32.2. The number of hydrogen-bond acceptors (Lipinski definition) is 5. The molecule has 0 N–H and O–H groups in total. The molecule has 0 spiro atoms. The highest BCUT2D eigenvalue weighted by Crippen LogP contribution is 2.36. The summed E-state index contributed by atoms with van der Waals surface area (Å²) in [6.07, 6.45) is -1.81. The van der Waals surface area contributed by atoms with Gasteiger partial charge >= 0.3 is 6.36 Å². The maximum absolute atomic E-state index is 13.7. The van der Waals surface area contributed by atoms with E-state index >= 15 is 0 Å². The number of anilines is 1. The minimum absolute atomic E-state index is 0.256. The Kier molecular flexibility index (Phi) is 5.83. The van der Waals surface area contributed by atoms with E-state index in [-0.39, 0.29) is 11.7 Å². The largest absolute Gasteiger partial charge is 0.573 e. The van der Waals surface area contributed by atoms with Crippen LogP contribution in [0.2, 0.25) is 0 Å². The van der Waals surface area contributed by atoms with E-state index in [0.717, 1.165) is 54.1 Å². The van der Waals surface area contributed by atoms with E-state index in [2.05, 4.69) is 14.6 Å². The molecule has 1 fully saturated rings. The number of nitrogens with zero attached hydrogens (tertiary/aromatic N) is 3. The Morgan fingerprint density at radius 1 is 1.00 bits per heavy atom. The predicted molar refractivity (Wildman–Crippen MR) is 116 cm³/mol. The number of benzene rings is 2. The van der Waals surface area contributed by atoms with Crippen LogP contribution in [0.5, 0.6) is 5.75 Å². The molecule has 1 saturated heterocycles. The third-order valence-corrected chi connectivity index (χ3v) is 7.21. The fourth-order valence-electron chi connectivity index (χ4n) is 4.06. The molecule has 4 rings (SSSR count). The van der Waals surface area contributed by atoms with Gasteiger partial charge in [0.2, 0.25) is 0 Å². The lowest BCUT2D eigenvalue weighted by molar-refractivity contribution is -0.275. The second kappa shape index (κ2) is 8.31. The summed E-state index contributed by atoms with van der Waals surface area (Å²) in [6, 6.07) is 10.1. The van der Waals surface area contributed by atoms with Gasteiger partial charge in [-0.2, -0.15) is 0 Å². The normalized spacial score (nSPS) is 15.5. The molecule has 0 amide bonds. The second-order valence-electron chi connectivity index (χ2n) is 8.08. The van der Waals surface area contributed by atoms with Crippen LogP contribution in [0.3, 0.4) is 0 Å². The van der Waals surface area contributed by atoms with Crippen LogP contribution in [0, 0.1) is 0 Å². The van der Waals surface area contributed by atoms with Crippen molar-refractivity contribution in [1.29, 1.82) is 0 Å². The zero-order valence-corrected chi connectivity index (χ0v) is 18.6. The first kappa shape index (κ1) is 22.4. The molecule has 1 aromatic heterocycles. The van der Waals surface area contributed by atoms with E-state index in [4.69, 9.17) is 0 Å². The molecular formula is C22H24F3N3O3S. The van der Waals surface area contributed by atoms with Gasteiger partial charge in [0.15, 0.2) is 0 Å². The van der Waals surface area contributed by atoms with Crippen LogP contribution >= 0.6 is 0 Å². The summed E-state index contributed by atoms with van der Waals surface area (Å²) < 4.78 is 71.3. The smallest absolute Gasteiger partial charge is 0.404 e. The zero-order chi connectivity index (χ0) is 23.1. The molecule has 0 saturated carbocycles. The summed E-state index contributed by atoms with van der Waals surface area (Å²) in [5, 5.41) is 0. The van der Waals surface area contributed by atoms with Crippen molar-refractivity contribution >= 4 is 26.7 Å². The first-order chi connectivity index (χ1) is 15.1. The summed E-state index contributed by atoms with van der Waals surface area (Å²) in [6.45, 7) is 5.29. The number of piperidine rings is 1. The maximum Gasteiger partial charge on any atom is 0.573 e. The lowest BCUT2D eigenvalue weighted by Gasteiger charge is -2.28. The Hall–Kier alpha value is -2.75. The fraction of sp³-hybridized carbons (Fsp3) is 0.409. The van der Waals surface area contributed by atoms with E-state index in [1.807, 2.05) is 6.07 Å². The van der Waals surface area contributed by atoms with E-state index in [9.17, 15) is 21.6 Å². The van der Waals surface area contributed by atoms with Crippen LogP contribution in [-0.4, -0.2) is 36.8 Å². The van der Waals surface area contributed by atoms with E-state index < -0.39 is 27.0 Å². The highest BCUT2D eigenvalue weighted by Gasteiger charge is 2.36.